The van der Waals surface area contributed by atoms with Crippen molar-refractivity contribution < 1.29 is 22.7 Å². The third kappa shape index (κ3) is 5.88. The smallest absolute Gasteiger partial charge is 0.390 e. The van der Waals surface area contributed by atoms with E-state index in [9.17, 15) is 18.0 Å². The molecule has 2 heterocycles. The van der Waals surface area contributed by atoms with Crippen LogP contribution in [0, 0.1) is 6.92 Å². The van der Waals surface area contributed by atoms with Gasteiger partial charge in [0.05, 0.1) is 36.0 Å². The number of aryl methyl sites for hydroxylation is 1. The Labute approximate surface area is 221 Å². The molecule has 198 valence electrons. The number of nitrogens with zero attached hydrogens (tertiary/aromatic N) is 3. The minimum atomic E-state index is -4.28. The maximum Gasteiger partial charge on any atom is 0.390 e. The Bertz CT molecular complexity index is 1480. The van der Waals surface area contributed by atoms with Crippen molar-refractivity contribution in [3.8, 4) is 17.0 Å². The van der Waals surface area contributed by atoms with Crippen LogP contribution in [0.5, 0.6) is 5.75 Å². The molecule has 2 aromatic carbocycles. The second-order valence-electron chi connectivity index (χ2n) is 9.10. The summed E-state index contributed by atoms with van der Waals surface area (Å²) in [6.07, 6.45) is -1.62. The van der Waals surface area contributed by atoms with Crippen molar-refractivity contribution in [1.82, 2.24) is 19.9 Å². The molecule has 2 aromatic heterocycles. The molecule has 1 aliphatic rings. The highest BCUT2D eigenvalue weighted by Crippen LogP contribution is 2.36. The number of imidazole rings is 1. The van der Waals surface area contributed by atoms with Crippen LogP contribution in [-0.4, -0.2) is 46.4 Å². The molecule has 0 radical (unpaired) electrons. The molecule has 1 fully saturated rings. The number of para-hydroxylation sites is 1. The van der Waals surface area contributed by atoms with Crippen LogP contribution in [0.4, 0.5) is 18.9 Å². The maximum absolute atomic E-state index is 12.8. The summed E-state index contributed by atoms with van der Waals surface area (Å²) in [6.45, 7) is 1.57. The number of rotatable bonds is 9. The third-order valence-electron chi connectivity index (χ3n) is 6.13. The van der Waals surface area contributed by atoms with Crippen LogP contribution in [0.25, 0.3) is 16.9 Å². The first kappa shape index (κ1) is 25.9. The lowest BCUT2D eigenvalue weighted by Gasteiger charge is -2.13. The average Bonchev–Trinajstić information content (AvgIpc) is 3.58. The number of halogens is 3. The Balaban J connectivity index is 1.52. The fourth-order valence-corrected chi connectivity index (χ4v) is 4.97. The van der Waals surface area contributed by atoms with E-state index in [1.165, 1.54) is 11.8 Å². The summed E-state index contributed by atoms with van der Waals surface area (Å²) in [4.78, 5) is 17.9. The molecule has 7 nitrogen and oxygen atoms in total. The molecular formula is C27H26F3N5O2S. The topological polar surface area (TPSA) is 80.5 Å². The molecule has 1 amide bonds. The van der Waals surface area contributed by atoms with E-state index in [4.69, 9.17) is 9.84 Å². The highest BCUT2D eigenvalue weighted by atomic mass is 32.2. The van der Waals surface area contributed by atoms with Crippen LogP contribution < -0.4 is 15.4 Å². The molecule has 1 saturated carbocycles. The summed E-state index contributed by atoms with van der Waals surface area (Å²) >= 11 is 1.34. The van der Waals surface area contributed by atoms with E-state index in [1.807, 2.05) is 43.3 Å². The molecule has 11 heteroatoms. The Hall–Kier alpha value is -3.73. The summed E-state index contributed by atoms with van der Waals surface area (Å²) < 4.78 is 45.5. The number of carbonyl (C=O) groups excluding carboxylic acids is 1. The Morgan fingerprint density at radius 2 is 1.97 bits per heavy atom. The van der Waals surface area contributed by atoms with Crippen molar-refractivity contribution in [1.29, 1.82) is 0 Å². The quantitative estimate of drug-likeness (QED) is 0.266. The van der Waals surface area contributed by atoms with E-state index >= 15 is 0 Å². The van der Waals surface area contributed by atoms with E-state index < -0.39 is 12.6 Å². The number of amides is 1. The predicted molar refractivity (Wildman–Crippen MR) is 140 cm³/mol. The number of nitrogens with one attached hydrogen (secondary N) is 2. The number of hydrogen-bond acceptors (Lipinski definition) is 6. The fourth-order valence-electron chi connectivity index (χ4n) is 4.05. The van der Waals surface area contributed by atoms with Gasteiger partial charge < -0.3 is 15.4 Å². The Kier molecular flexibility index (Phi) is 7.20. The van der Waals surface area contributed by atoms with Gasteiger partial charge in [0.15, 0.2) is 5.65 Å². The van der Waals surface area contributed by atoms with Crippen LogP contribution in [0.1, 0.15) is 35.2 Å². The summed E-state index contributed by atoms with van der Waals surface area (Å²) in [6, 6.07) is 14.9. The highest BCUT2D eigenvalue weighted by Gasteiger charge is 2.27. The molecule has 0 aliphatic heterocycles. The van der Waals surface area contributed by atoms with Gasteiger partial charge in [-0.25, -0.2) is 9.50 Å². The van der Waals surface area contributed by atoms with Gasteiger partial charge >= 0.3 is 6.18 Å². The number of ether oxygens (including phenoxy) is 1. The average molecular weight is 542 g/mol. The lowest BCUT2D eigenvalue weighted by atomic mass is 10.0. The van der Waals surface area contributed by atoms with Crippen LogP contribution in [0.2, 0.25) is 0 Å². The van der Waals surface area contributed by atoms with Crippen LogP contribution >= 0.6 is 11.8 Å². The van der Waals surface area contributed by atoms with E-state index in [-0.39, 0.29) is 18.5 Å². The lowest BCUT2D eigenvalue weighted by Crippen LogP contribution is -2.26. The SMILES string of the molecule is COc1ccccc1Sc1cc(NCCC(F)(F)F)c2ncc(-c3ccc(C(=O)NC4CC4)c(C)c3)n2n1. The van der Waals surface area contributed by atoms with E-state index in [1.54, 1.807) is 30.0 Å². The summed E-state index contributed by atoms with van der Waals surface area (Å²) in [7, 11) is 1.57. The number of anilines is 1. The van der Waals surface area contributed by atoms with E-state index in [0.29, 0.717) is 33.4 Å². The van der Waals surface area contributed by atoms with Crippen molar-refractivity contribution >= 4 is 29.0 Å². The van der Waals surface area contributed by atoms with Gasteiger partial charge in [0.25, 0.3) is 5.91 Å². The first-order chi connectivity index (χ1) is 18.2. The third-order valence-corrected chi connectivity index (χ3v) is 7.10. The van der Waals surface area contributed by atoms with Crippen molar-refractivity contribution in [3.63, 3.8) is 0 Å². The van der Waals surface area contributed by atoms with Gasteiger partial charge in [-0.2, -0.15) is 18.3 Å². The highest BCUT2D eigenvalue weighted by molar-refractivity contribution is 7.99. The standard InChI is InChI=1S/C27H26F3N5O2S/c1-16-13-17(7-10-19(16)26(36)33-18-8-9-18)21-15-32-25-20(31-12-11-27(28,29)30)14-24(34-35(21)25)38-23-6-4-3-5-22(23)37-2/h3-7,10,13-15,18,31H,8-9,11-12H2,1-2H3,(H,33,36). The molecule has 5 rings (SSSR count). The van der Waals surface area contributed by atoms with E-state index in [2.05, 4.69) is 15.6 Å². The minimum absolute atomic E-state index is 0.0977. The Morgan fingerprint density at radius 1 is 1.18 bits per heavy atom. The van der Waals surface area contributed by atoms with Crippen molar-refractivity contribution in [2.75, 3.05) is 19.0 Å². The van der Waals surface area contributed by atoms with Crippen LogP contribution in [0.3, 0.4) is 0 Å². The molecule has 0 unspecified atom stereocenters. The second-order valence-corrected chi connectivity index (χ2v) is 10.2. The summed E-state index contributed by atoms with van der Waals surface area (Å²) in [5.41, 5.74) is 3.68. The molecule has 0 spiro atoms. The fraction of sp³-hybridized carbons (Fsp3) is 0.296. The number of aromatic nitrogens is 3. The van der Waals surface area contributed by atoms with Crippen molar-refractivity contribution in [3.05, 3.63) is 65.9 Å². The molecule has 1 aliphatic carbocycles. The van der Waals surface area contributed by atoms with Gasteiger partial charge in [0.2, 0.25) is 0 Å². The van der Waals surface area contributed by atoms with Gasteiger partial charge in [-0.3, -0.25) is 4.79 Å². The molecule has 38 heavy (non-hydrogen) atoms. The molecule has 0 saturated heterocycles. The number of alkyl halides is 3. The van der Waals surface area contributed by atoms with Crippen molar-refractivity contribution in [2.24, 2.45) is 0 Å². The molecule has 2 N–H and O–H groups in total. The molecule has 0 bridgehead atoms. The molecular weight excluding hydrogens is 515 g/mol. The largest absolute Gasteiger partial charge is 0.496 e. The second kappa shape index (κ2) is 10.6. The molecule has 0 atom stereocenters. The first-order valence-corrected chi connectivity index (χ1v) is 13.0. The van der Waals surface area contributed by atoms with Gasteiger partial charge in [-0.05, 0) is 55.7 Å². The number of methoxy groups -OCH3 is 1. The Morgan fingerprint density at radius 3 is 2.68 bits per heavy atom. The number of fused-ring (bicyclic) bond motifs is 1. The van der Waals surface area contributed by atoms with Gasteiger partial charge in [-0.15, -0.1) is 0 Å². The number of benzene rings is 2. The van der Waals surface area contributed by atoms with Crippen LogP contribution in [-0.2, 0) is 0 Å². The molecule has 4 aromatic rings. The first-order valence-electron chi connectivity index (χ1n) is 12.1. The predicted octanol–water partition coefficient (Wildman–Crippen LogP) is 6.12. The maximum atomic E-state index is 12.8. The van der Waals surface area contributed by atoms with Gasteiger partial charge in [0.1, 0.15) is 10.8 Å². The number of carbonyl (C=O) groups is 1. The zero-order valence-electron chi connectivity index (χ0n) is 20.8. The van der Waals surface area contributed by atoms with Crippen molar-refractivity contribution in [2.45, 2.75) is 48.3 Å². The monoisotopic (exact) mass is 541 g/mol. The lowest BCUT2D eigenvalue weighted by molar-refractivity contribution is -0.131. The van der Waals surface area contributed by atoms with Crippen LogP contribution in [0.15, 0.2) is 64.6 Å². The zero-order valence-corrected chi connectivity index (χ0v) is 21.6. The van der Waals surface area contributed by atoms with E-state index in [0.717, 1.165) is 28.9 Å². The number of hydrogen-bond donors (Lipinski definition) is 2. The zero-order chi connectivity index (χ0) is 26.9. The van der Waals surface area contributed by atoms with Gasteiger partial charge in [0, 0.05) is 23.7 Å². The summed E-state index contributed by atoms with van der Waals surface area (Å²) in [5.74, 6) is 0.562. The minimum Gasteiger partial charge on any atom is -0.496 e. The summed E-state index contributed by atoms with van der Waals surface area (Å²) in [5, 5.41) is 11.2. The normalized spacial score (nSPS) is 13.5. The van der Waals surface area contributed by atoms with Gasteiger partial charge in [-0.1, -0.05) is 30.0 Å².